The number of nitrogens with zero attached hydrogens (tertiary/aromatic N) is 3. The molecule has 0 bridgehead atoms. The highest BCUT2D eigenvalue weighted by Gasteiger charge is 2.42. The summed E-state index contributed by atoms with van der Waals surface area (Å²) in [5.74, 6) is -0.570. The van der Waals surface area contributed by atoms with Gasteiger partial charge in [-0.05, 0) is 18.6 Å². The molecule has 0 atom stereocenters. The van der Waals surface area contributed by atoms with Crippen molar-refractivity contribution < 1.29 is 17.9 Å². The van der Waals surface area contributed by atoms with Gasteiger partial charge in [-0.3, -0.25) is 4.68 Å². The van der Waals surface area contributed by atoms with E-state index in [1.165, 1.54) is 11.3 Å². The van der Waals surface area contributed by atoms with E-state index in [9.17, 15) is 8.42 Å². The van der Waals surface area contributed by atoms with Gasteiger partial charge < -0.3 is 9.47 Å². The molecule has 0 aliphatic carbocycles. The van der Waals surface area contributed by atoms with Crippen molar-refractivity contribution >= 4 is 21.4 Å². The van der Waals surface area contributed by atoms with E-state index in [2.05, 4.69) is 12.0 Å². The molecule has 0 radical (unpaired) electrons. The van der Waals surface area contributed by atoms with Crippen molar-refractivity contribution in [3.63, 3.8) is 0 Å². The molecule has 0 amide bonds. The van der Waals surface area contributed by atoms with Gasteiger partial charge in [0, 0.05) is 49.6 Å². The minimum absolute atomic E-state index is 0.376. The first-order chi connectivity index (χ1) is 12.5. The van der Waals surface area contributed by atoms with Crippen molar-refractivity contribution in [3.8, 4) is 11.3 Å². The van der Waals surface area contributed by atoms with Crippen LogP contribution >= 0.6 is 11.3 Å². The number of piperidine rings is 1. The van der Waals surface area contributed by atoms with E-state index in [0.717, 1.165) is 24.2 Å². The third kappa shape index (κ3) is 3.22. The maximum absolute atomic E-state index is 13.0. The largest absolute Gasteiger partial charge is 0.347 e. The normalized spacial score (nSPS) is 20.8. The molecule has 7 nitrogen and oxygen atoms in total. The summed E-state index contributed by atoms with van der Waals surface area (Å²) in [6.07, 6.45) is 3.88. The topological polar surface area (TPSA) is 73.7 Å². The zero-order valence-electron chi connectivity index (χ0n) is 14.8. The summed E-state index contributed by atoms with van der Waals surface area (Å²) in [5.41, 5.74) is 1.85. The number of aryl methyl sites for hydroxylation is 1. The molecule has 0 saturated carbocycles. The number of aromatic nitrogens is 2. The molecule has 2 fully saturated rings. The predicted molar refractivity (Wildman–Crippen MR) is 98.5 cm³/mol. The summed E-state index contributed by atoms with van der Waals surface area (Å²) in [6, 6.07) is 3.68. The molecule has 2 aromatic rings. The summed E-state index contributed by atoms with van der Waals surface area (Å²) in [4.78, 5) is 0. The molecule has 2 saturated heterocycles. The van der Waals surface area contributed by atoms with E-state index in [1.807, 2.05) is 16.1 Å². The maximum Gasteiger partial charge on any atom is 0.252 e. The van der Waals surface area contributed by atoms with Crippen LogP contribution in [-0.2, 0) is 26.0 Å². The number of thiophene rings is 1. The number of sulfonamides is 1. The number of hydrogen-bond donors (Lipinski definition) is 0. The zero-order chi connectivity index (χ0) is 18.2. The Bertz CT molecular complexity index is 858. The van der Waals surface area contributed by atoms with E-state index >= 15 is 0 Å². The second kappa shape index (κ2) is 7.05. The quantitative estimate of drug-likeness (QED) is 0.775. The Hall–Kier alpha value is -1.26. The molecule has 9 heteroatoms. The Balaban J connectivity index is 1.52. The molecule has 4 heterocycles. The lowest BCUT2D eigenvalue weighted by atomic mass is 10.1. The van der Waals surface area contributed by atoms with Crippen LogP contribution in [0.3, 0.4) is 0 Å². The average Bonchev–Trinajstić information content (AvgIpc) is 3.36. The van der Waals surface area contributed by atoms with Gasteiger partial charge in [-0.1, -0.05) is 6.92 Å². The molecule has 2 aliphatic rings. The minimum atomic E-state index is -3.49. The number of hydrogen-bond acceptors (Lipinski definition) is 6. The monoisotopic (exact) mass is 397 g/mol. The second-order valence-corrected chi connectivity index (χ2v) is 9.68. The Kier molecular flexibility index (Phi) is 4.91. The molecule has 1 spiro atoms. The van der Waals surface area contributed by atoms with E-state index < -0.39 is 15.8 Å². The van der Waals surface area contributed by atoms with Crippen molar-refractivity contribution in [2.45, 2.75) is 42.7 Å². The van der Waals surface area contributed by atoms with Crippen LogP contribution in [0, 0.1) is 0 Å². The van der Waals surface area contributed by atoms with Gasteiger partial charge in [-0.25, -0.2) is 8.42 Å². The first-order valence-electron chi connectivity index (χ1n) is 8.93. The molecule has 2 aliphatic heterocycles. The number of ether oxygens (including phenoxy) is 2. The van der Waals surface area contributed by atoms with Gasteiger partial charge in [0.25, 0.3) is 10.0 Å². The van der Waals surface area contributed by atoms with Gasteiger partial charge in [0.1, 0.15) is 4.21 Å². The van der Waals surface area contributed by atoms with Crippen LogP contribution in [0.4, 0.5) is 0 Å². The molecule has 4 rings (SSSR count). The highest BCUT2D eigenvalue weighted by atomic mass is 32.2. The van der Waals surface area contributed by atoms with Crippen LogP contribution in [-0.4, -0.2) is 54.6 Å². The van der Waals surface area contributed by atoms with Crippen molar-refractivity contribution in [1.82, 2.24) is 14.1 Å². The lowest BCUT2D eigenvalue weighted by molar-refractivity contribution is -0.179. The standard InChI is InChI=1S/C17H23N3O4S2/c1-2-7-20-15(3-6-18-20)14-12-16(25-13-14)26(21,22)19-8-4-17(5-9-19)23-10-11-24-17/h3,6,12-13H,2,4-5,7-11H2,1H3. The van der Waals surface area contributed by atoms with Crippen LogP contribution in [0.5, 0.6) is 0 Å². The second-order valence-electron chi connectivity index (χ2n) is 6.61. The van der Waals surface area contributed by atoms with E-state index in [1.54, 1.807) is 16.6 Å². The predicted octanol–water partition coefficient (Wildman–Crippen LogP) is 2.55. The van der Waals surface area contributed by atoms with E-state index in [-0.39, 0.29) is 0 Å². The van der Waals surface area contributed by atoms with Gasteiger partial charge in [-0.2, -0.15) is 9.40 Å². The highest BCUT2D eigenvalue weighted by molar-refractivity contribution is 7.91. The summed E-state index contributed by atoms with van der Waals surface area (Å²) in [5, 5.41) is 6.21. The van der Waals surface area contributed by atoms with Gasteiger partial charge in [0.15, 0.2) is 5.79 Å². The molecular weight excluding hydrogens is 374 g/mol. The summed E-state index contributed by atoms with van der Waals surface area (Å²) in [6.45, 7) is 4.93. The minimum Gasteiger partial charge on any atom is -0.347 e. The first kappa shape index (κ1) is 18.1. The summed E-state index contributed by atoms with van der Waals surface area (Å²) >= 11 is 1.27. The van der Waals surface area contributed by atoms with Gasteiger partial charge in [0.2, 0.25) is 0 Å². The van der Waals surface area contributed by atoms with Crippen LogP contribution in [0.2, 0.25) is 0 Å². The maximum atomic E-state index is 13.0. The Morgan fingerprint density at radius 3 is 2.69 bits per heavy atom. The molecular formula is C17H23N3O4S2. The van der Waals surface area contributed by atoms with Gasteiger partial charge in [0.05, 0.1) is 18.9 Å². The number of rotatable bonds is 5. The van der Waals surface area contributed by atoms with Crippen LogP contribution in [0.1, 0.15) is 26.2 Å². The van der Waals surface area contributed by atoms with Crippen molar-refractivity contribution in [2.75, 3.05) is 26.3 Å². The van der Waals surface area contributed by atoms with Crippen LogP contribution in [0.25, 0.3) is 11.3 Å². The van der Waals surface area contributed by atoms with Gasteiger partial charge >= 0.3 is 0 Å². The first-order valence-corrected chi connectivity index (χ1v) is 11.2. The third-order valence-corrected chi connectivity index (χ3v) is 8.23. The van der Waals surface area contributed by atoms with Crippen molar-refractivity contribution in [1.29, 1.82) is 0 Å². The summed E-state index contributed by atoms with van der Waals surface area (Å²) in [7, 11) is -3.49. The lowest BCUT2D eigenvalue weighted by Crippen LogP contribution is -2.47. The molecule has 142 valence electrons. The Morgan fingerprint density at radius 2 is 2.00 bits per heavy atom. The fourth-order valence-corrected chi connectivity index (χ4v) is 6.30. The molecule has 0 unspecified atom stereocenters. The van der Waals surface area contributed by atoms with E-state index in [4.69, 9.17) is 9.47 Å². The van der Waals surface area contributed by atoms with Crippen LogP contribution in [0.15, 0.2) is 27.9 Å². The van der Waals surface area contributed by atoms with Gasteiger partial charge in [-0.15, -0.1) is 11.3 Å². The van der Waals surface area contributed by atoms with Crippen molar-refractivity contribution in [2.24, 2.45) is 0 Å². The Morgan fingerprint density at radius 1 is 1.27 bits per heavy atom. The average molecular weight is 398 g/mol. The third-order valence-electron chi connectivity index (χ3n) is 4.92. The zero-order valence-corrected chi connectivity index (χ0v) is 16.4. The molecule has 0 aromatic carbocycles. The molecule has 2 aromatic heterocycles. The van der Waals surface area contributed by atoms with Crippen LogP contribution < -0.4 is 0 Å². The Labute approximate surface area is 157 Å². The van der Waals surface area contributed by atoms with E-state index in [0.29, 0.717) is 43.4 Å². The molecule has 26 heavy (non-hydrogen) atoms. The highest BCUT2D eigenvalue weighted by Crippen LogP contribution is 2.35. The lowest BCUT2D eigenvalue weighted by Gasteiger charge is -2.36. The SMILES string of the molecule is CCCn1nccc1-c1csc(S(=O)(=O)N2CCC3(CC2)OCCO3)c1. The molecule has 0 N–H and O–H groups in total. The smallest absolute Gasteiger partial charge is 0.252 e. The fraction of sp³-hybridized carbons (Fsp3) is 0.588. The fourth-order valence-electron chi connectivity index (χ4n) is 3.53. The van der Waals surface area contributed by atoms with Crippen molar-refractivity contribution in [3.05, 3.63) is 23.7 Å². The summed E-state index contributed by atoms with van der Waals surface area (Å²) < 4.78 is 41.2.